The molecule has 3 aliphatic heterocycles. The molecule has 3 heterocycles. The summed E-state index contributed by atoms with van der Waals surface area (Å²) in [6, 6.07) is 17.3. The molecule has 2 aromatic carbocycles. The molecule has 0 aliphatic carbocycles. The van der Waals surface area contributed by atoms with Gasteiger partial charge in [-0.25, -0.2) is 4.79 Å². The Morgan fingerprint density at radius 1 is 1.00 bits per heavy atom. The van der Waals surface area contributed by atoms with Crippen LogP contribution in [-0.4, -0.2) is 47.4 Å². The van der Waals surface area contributed by atoms with Crippen LogP contribution in [-0.2, 0) is 24.1 Å². The Kier molecular flexibility index (Phi) is 7.93. The van der Waals surface area contributed by atoms with Crippen LogP contribution in [0.15, 0.2) is 48.5 Å². The predicted molar refractivity (Wildman–Crippen MR) is 144 cm³/mol. The van der Waals surface area contributed by atoms with Gasteiger partial charge in [0.1, 0.15) is 0 Å². The fourth-order valence-electron chi connectivity index (χ4n) is 6.59. The lowest BCUT2D eigenvalue weighted by Crippen LogP contribution is -2.61. The summed E-state index contributed by atoms with van der Waals surface area (Å²) in [5, 5.41) is 3.14. The maximum atomic E-state index is 13.6. The molecule has 5 rings (SSSR count). The van der Waals surface area contributed by atoms with Gasteiger partial charge >= 0.3 is 6.03 Å². The number of nitrogens with one attached hydrogen (secondary N) is 1. The van der Waals surface area contributed by atoms with Gasteiger partial charge in [-0.05, 0) is 67.2 Å². The molecule has 0 unspecified atom stereocenters. The van der Waals surface area contributed by atoms with Crippen LogP contribution in [0, 0.1) is 5.92 Å². The van der Waals surface area contributed by atoms with Crippen LogP contribution >= 0.6 is 0 Å². The molecular formula is C31H41N3O2. The van der Waals surface area contributed by atoms with Crippen molar-refractivity contribution in [2.24, 2.45) is 5.92 Å². The third-order valence-electron chi connectivity index (χ3n) is 8.52. The van der Waals surface area contributed by atoms with Gasteiger partial charge in [0.15, 0.2) is 0 Å². The van der Waals surface area contributed by atoms with Gasteiger partial charge in [-0.15, -0.1) is 0 Å². The zero-order valence-electron chi connectivity index (χ0n) is 21.8. The summed E-state index contributed by atoms with van der Waals surface area (Å²) in [6.07, 6.45) is 10.7. The predicted octanol–water partition coefficient (Wildman–Crippen LogP) is 5.67. The lowest BCUT2D eigenvalue weighted by molar-refractivity contribution is -0.148. The minimum atomic E-state index is -0.0609. The quantitative estimate of drug-likeness (QED) is 0.488. The lowest BCUT2D eigenvalue weighted by atomic mass is 9.76. The number of likely N-dealkylation sites (tertiary alicyclic amines) is 1. The molecule has 36 heavy (non-hydrogen) atoms. The molecule has 192 valence electrons. The number of carbonyl (C=O) groups is 2. The Morgan fingerprint density at radius 2 is 1.86 bits per heavy atom. The molecule has 0 radical (unpaired) electrons. The van der Waals surface area contributed by atoms with Gasteiger partial charge in [-0.1, -0.05) is 74.7 Å². The van der Waals surface area contributed by atoms with Gasteiger partial charge in [-0.2, -0.15) is 0 Å². The Bertz CT molecular complexity index is 1050. The van der Waals surface area contributed by atoms with Gasteiger partial charge in [0, 0.05) is 25.7 Å². The van der Waals surface area contributed by atoms with Crippen LogP contribution in [0.2, 0.25) is 0 Å². The van der Waals surface area contributed by atoms with E-state index in [4.69, 9.17) is 0 Å². The van der Waals surface area contributed by atoms with E-state index in [1.807, 2.05) is 23.1 Å². The van der Waals surface area contributed by atoms with Crippen LogP contribution in [0.5, 0.6) is 0 Å². The van der Waals surface area contributed by atoms with E-state index < -0.39 is 0 Å². The monoisotopic (exact) mass is 487 g/mol. The first-order valence-corrected chi connectivity index (χ1v) is 14.2. The highest BCUT2D eigenvalue weighted by Crippen LogP contribution is 2.43. The highest BCUT2D eigenvalue weighted by Gasteiger charge is 2.48. The average Bonchev–Trinajstić information content (AvgIpc) is 2.91. The smallest absolute Gasteiger partial charge is 0.317 e. The van der Waals surface area contributed by atoms with Gasteiger partial charge < -0.3 is 15.1 Å². The fourth-order valence-corrected chi connectivity index (χ4v) is 6.59. The van der Waals surface area contributed by atoms with E-state index in [0.29, 0.717) is 6.54 Å². The number of rotatable bonds is 8. The van der Waals surface area contributed by atoms with E-state index in [1.54, 1.807) is 0 Å². The first-order chi connectivity index (χ1) is 17.7. The third kappa shape index (κ3) is 5.30. The van der Waals surface area contributed by atoms with Gasteiger partial charge in [0.2, 0.25) is 5.91 Å². The van der Waals surface area contributed by atoms with Gasteiger partial charge in [-0.3, -0.25) is 4.79 Å². The SMILES string of the molecule is CCCCCCc1ccc2c(c1)CCN1C(=O)[C@H]3CCCN(C(=O)NCCc4ccccc4)[C@H]3C[C@@H]21. The van der Waals surface area contributed by atoms with Crippen molar-refractivity contribution >= 4 is 11.9 Å². The molecule has 2 aromatic rings. The molecule has 2 saturated heterocycles. The largest absolute Gasteiger partial charge is 0.338 e. The highest BCUT2D eigenvalue weighted by atomic mass is 16.2. The number of unbranched alkanes of at least 4 members (excludes halogenated alkanes) is 3. The van der Waals surface area contributed by atoms with Crippen molar-refractivity contribution in [1.29, 1.82) is 0 Å². The van der Waals surface area contributed by atoms with Crippen LogP contribution < -0.4 is 5.32 Å². The van der Waals surface area contributed by atoms with E-state index >= 15 is 0 Å². The number of piperidine rings is 2. The van der Waals surface area contributed by atoms with Crippen LogP contribution in [0.4, 0.5) is 4.79 Å². The number of benzene rings is 2. The summed E-state index contributed by atoms with van der Waals surface area (Å²) in [5.74, 6) is 0.196. The Hall–Kier alpha value is -2.82. The van der Waals surface area contributed by atoms with Gasteiger partial charge in [0.05, 0.1) is 12.0 Å². The van der Waals surface area contributed by atoms with E-state index in [0.717, 1.165) is 51.6 Å². The van der Waals surface area contributed by atoms with Crippen molar-refractivity contribution in [3.05, 3.63) is 70.8 Å². The molecule has 3 aliphatic rings. The van der Waals surface area contributed by atoms with E-state index in [2.05, 4.69) is 47.5 Å². The van der Waals surface area contributed by atoms with Crippen LogP contribution in [0.25, 0.3) is 0 Å². The molecule has 3 amide bonds. The number of urea groups is 1. The standard InChI is InChI=1S/C31H41N3O2/c1-2-3-4-6-12-24-14-15-26-25(21-24)17-20-33-28(26)22-29-27(30(33)35)13-9-19-34(29)31(36)32-18-16-23-10-7-5-8-11-23/h5,7-8,10-11,14-15,21,27-29H,2-4,6,9,12-13,16-20,22H2,1H3,(H,32,36)/t27-,28-,29-/m0/s1. The number of aryl methyl sites for hydroxylation is 1. The first kappa shape index (κ1) is 24.9. The molecule has 0 saturated carbocycles. The topological polar surface area (TPSA) is 52.7 Å². The molecule has 5 nitrogen and oxygen atoms in total. The summed E-state index contributed by atoms with van der Waals surface area (Å²) in [7, 11) is 0. The highest BCUT2D eigenvalue weighted by molar-refractivity contribution is 5.83. The van der Waals surface area contributed by atoms with Crippen LogP contribution in [0.3, 0.4) is 0 Å². The second-order valence-corrected chi connectivity index (χ2v) is 10.9. The van der Waals surface area contributed by atoms with Crippen molar-refractivity contribution in [3.63, 3.8) is 0 Å². The van der Waals surface area contributed by atoms with Crippen molar-refractivity contribution in [3.8, 4) is 0 Å². The summed E-state index contributed by atoms with van der Waals surface area (Å²) < 4.78 is 0. The first-order valence-electron chi connectivity index (χ1n) is 14.2. The molecule has 2 fully saturated rings. The zero-order valence-corrected chi connectivity index (χ0v) is 21.8. The average molecular weight is 488 g/mol. The lowest BCUT2D eigenvalue weighted by Gasteiger charge is -2.51. The molecule has 0 aromatic heterocycles. The van der Waals surface area contributed by atoms with Crippen molar-refractivity contribution < 1.29 is 9.59 Å². The molecule has 0 bridgehead atoms. The van der Waals surface area contributed by atoms with Gasteiger partial charge in [0.25, 0.3) is 0 Å². The molecule has 1 N–H and O–H groups in total. The Balaban J connectivity index is 1.26. The maximum Gasteiger partial charge on any atom is 0.317 e. The summed E-state index contributed by atoms with van der Waals surface area (Å²) in [6.45, 7) is 4.41. The van der Waals surface area contributed by atoms with Crippen LogP contribution in [0.1, 0.15) is 80.2 Å². The summed E-state index contributed by atoms with van der Waals surface area (Å²) in [4.78, 5) is 30.9. The molecule has 3 atom stereocenters. The number of hydrogen-bond acceptors (Lipinski definition) is 2. The second kappa shape index (κ2) is 11.5. The van der Waals surface area contributed by atoms with Crippen molar-refractivity contribution in [1.82, 2.24) is 15.1 Å². The number of hydrogen-bond donors (Lipinski definition) is 1. The van der Waals surface area contributed by atoms with Crippen molar-refractivity contribution in [2.45, 2.75) is 83.2 Å². The number of nitrogens with zero attached hydrogens (tertiary/aromatic N) is 2. The van der Waals surface area contributed by atoms with E-state index in [9.17, 15) is 9.59 Å². The number of fused-ring (bicyclic) bond motifs is 4. The third-order valence-corrected chi connectivity index (χ3v) is 8.52. The fraction of sp³-hybridized carbons (Fsp3) is 0.548. The normalized spacial score (nSPS) is 23.0. The minimum absolute atomic E-state index is 0.0103. The molecule has 5 heteroatoms. The van der Waals surface area contributed by atoms with Crippen molar-refractivity contribution in [2.75, 3.05) is 19.6 Å². The van der Waals surface area contributed by atoms with E-state index in [1.165, 1.54) is 47.9 Å². The maximum absolute atomic E-state index is 13.6. The Labute approximate surface area is 216 Å². The zero-order chi connectivity index (χ0) is 24.9. The van der Waals surface area contributed by atoms with E-state index in [-0.39, 0.29) is 29.9 Å². The summed E-state index contributed by atoms with van der Waals surface area (Å²) in [5.41, 5.74) is 5.36. The molecular weight excluding hydrogens is 446 g/mol. The molecule has 0 spiro atoms. The Morgan fingerprint density at radius 3 is 2.69 bits per heavy atom. The minimum Gasteiger partial charge on any atom is -0.338 e. The second-order valence-electron chi connectivity index (χ2n) is 10.9. The number of amides is 3. The summed E-state index contributed by atoms with van der Waals surface area (Å²) >= 11 is 0. The number of carbonyl (C=O) groups excluding carboxylic acids is 2.